The summed E-state index contributed by atoms with van der Waals surface area (Å²) in [6.45, 7) is 1.89. The third-order valence-corrected chi connectivity index (χ3v) is 5.57. The molecule has 1 saturated carbocycles. The van der Waals surface area contributed by atoms with Crippen LogP contribution in [0.1, 0.15) is 56.9 Å². The average Bonchev–Trinajstić information content (AvgIpc) is 2.94. The van der Waals surface area contributed by atoms with Gasteiger partial charge in [-0.2, -0.15) is 5.10 Å². The van der Waals surface area contributed by atoms with Gasteiger partial charge >= 0.3 is 5.97 Å². The van der Waals surface area contributed by atoms with Crippen LogP contribution in [0.5, 0.6) is 0 Å². The minimum absolute atomic E-state index is 0.247. The predicted molar refractivity (Wildman–Crippen MR) is 83.6 cm³/mol. The fourth-order valence-electron chi connectivity index (χ4n) is 3.05. The Morgan fingerprint density at radius 2 is 2.09 bits per heavy atom. The Bertz CT molecular complexity index is 582. The highest BCUT2D eigenvalue weighted by Crippen LogP contribution is 2.32. The summed E-state index contributed by atoms with van der Waals surface area (Å²) >= 11 is 0. The van der Waals surface area contributed by atoms with Crippen LogP contribution in [0.2, 0.25) is 0 Å². The number of thiol groups is 1. The van der Waals surface area contributed by atoms with E-state index < -0.39 is 22.1 Å². The highest BCUT2D eigenvalue weighted by molar-refractivity contribution is 7.72. The fraction of sp³-hybridized carbons (Fsp3) is 0.733. The summed E-state index contributed by atoms with van der Waals surface area (Å²) in [5, 5.41) is 13.6. The van der Waals surface area contributed by atoms with E-state index in [2.05, 4.69) is 5.10 Å². The third kappa shape index (κ3) is 4.32. The van der Waals surface area contributed by atoms with E-state index in [0.717, 1.165) is 0 Å². The first kappa shape index (κ1) is 17.0. The molecule has 2 rings (SSSR count). The second-order valence-corrected chi connectivity index (χ2v) is 7.46. The van der Waals surface area contributed by atoms with Crippen molar-refractivity contribution in [2.24, 2.45) is 5.41 Å². The van der Waals surface area contributed by atoms with Crippen molar-refractivity contribution in [3.63, 3.8) is 0 Å². The Hall–Kier alpha value is -1.37. The molecule has 0 aromatic carbocycles. The molecule has 0 bridgehead atoms. The first-order chi connectivity index (χ1) is 10.4. The molecule has 22 heavy (non-hydrogen) atoms. The predicted octanol–water partition coefficient (Wildman–Crippen LogP) is 2.02. The number of carbonyl (C=O) groups is 1. The van der Waals surface area contributed by atoms with Gasteiger partial charge in [-0.05, 0) is 37.7 Å². The van der Waals surface area contributed by atoms with Crippen LogP contribution < -0.4 is 0 Å². The SMILES string of the molecule is C[C@](CCn1cc(C2CCCCC2)cn1)(C[SH](=O)=O)C(=O)O. The molecule has 1 aromatic heterocycles. The quantitative estimate of drug-likeness (QED) is 0.748. The highest BCUT2D eigenvalue weighted by atomic mass is 32.2. The Labute approximate surface area is 132 Å². The number of aromatic nitrogens is 2. The molecule has 1 aromatic rings. The molecule has 1 heterocycles. The summed E-state index contributed by atoms with van der Waals surface area (Å²) in [7, 11) is -2.72. The average molecular weight is 328 g/mol. The molecular weight excluding hydrogens is 304 g/mol. The van der Waals surface area contributed by atoms with Crippen molar-refractivity contribution in [1.82, 2.24) is 9.78 Å². The molecule has 0 spiro atoms. The van der Waals surface area contributed by atoms with Crippen molar-refractivity contribution >= 4 is 16.7 Å². The van der Waals surface area contributed by atoms with E-state index in [9.17, 15) is 18.3 Å². The largest absolute Gasteiger partial charge is 0.481 e. The molecule has 1 aliphatic rings. The standard InChI is InChI=1S/C15H24N2O4S/c1-15(14(18)19,11-22(20)21)7-8-17-10-13(9-16-17)12-5-3-2-4-6-12/h9-10,12,22H,2-8,11H2,1H3,(H,18,19)/t15-/m0/s1. The first-order valence-corrected chi connectivity index (χ1v) is 9.14. The lowest BCUT2D eigenvalue weighted by Crippen LogP contribution is -2.33. The van der Waals surface area contributed by atoms with Gasteiger partial charge in [-0.15, -0.1) is 0 Å². The van der Waals surface area contributed by atoms with Crippen molar-refractivity contribution in [3.05, 3.63) is 18.0 Å². The van der Waals surface area contributed by atoms with E-state index in [0.29, 0.717) is 12.5 Å². The number of rotatable bonds is 7. The van der Waals surface area contributed by atoms with Gasteiger partial charge in [0.15, 0.2) is 0 Å². The van der Waals surface area contributed by atoms with Crippen LogP contribution in [0.4, 0.5) is 0 Å². The smallest absolute Gasteiger partial charge is 0.310 e. The molecule has 1 fully saturated rings. The highest BCUT2D eigenvalue weighted by Gasteiger charge is 2.34. The maximum absolute atomic E-state index is 11.3. The lowest BCUT2D eigenvalue weighted by atomic mass is 9.85. The molecule has 7 heteroatoms. The van der Waals surface area contributed by atoms with Crippen LogP contribution in [0.15, 0.2) is 12.4 Å². The van der Waals surface area contributed by atoms with Crippen molar-refractivity contribution in [1.29, 1.82) is 0 Å². The van der Waals surface area contributed by atoms with E-state index in [-0.39, 0.29) is 12.2 Å². The summed E-state index contributed by atoms with van der Waals surface area (Å²) in [5.74, 6) is -0.857. The summed E-state index contributed by atoms with van der Waals surface area (Å²) in [6.07, 6.45) is 10.3. The van der Waals surface area contributed by atoms with Crippen molar-refractivity contribution in [2.45, 2.75) is 57.9 Å². The Morgan fingerprint density at radius 1 is 1.41 bits per heavy atom. The zero-order chi connectivity index (χ0) is 16.2. The van der Waals surface area contributed by atoms with Gasteiger partial charge < -0.3 is 5.11 Å². The van der Waals surface area contributed by atoms with Crippen LogP contribution in [0, 0.1) is 5.41 Å². The van der Waals surface area contributed by atoms with Crippen LogP contribution in [-0.2, 0) is 22.0 Å². The van der Waals surface area contributed by atoms with Crippen molar-refractivity contribution in [3.8, 4) is 0 Å². The normalized spacial score (nSPS) is 19.2. The second kappa shape index (κ2) is 7.26. The molecule has 0 radical (unpaired) electrons. The van der Waals surface area contributed by atoms with Gasteiger partial charge in [0, 0.05) is 12.7 Å². The topological polar surface area (TPSA) is 89.3 Å². The monoisotopic (exact) mass is 328 g/mol. The molecule has 1 aliphatic carbocycles. The maximum Gasteiger partial charge on any atom is 0.310 e. The van der Waals surface area contributed by atoms with E-state index >= 15 is 0 Å². The number of carboxylic acid groups (broad SMARTS) is 1. The van der Waals surface area contributed by atoms with Gasteiger partial charge in [-0.25, -0.2) is 8.42 Å². The lowest BCUT2D eigenvalue weighted by Gasteiger charge is -2.22. The zero-order valence-corrected chi connectivity index (χ0v) is 13.8. The summed E-state index contributed by atoms with van der Waals surface area (Å²) in [5.41, 5.74) is -0.0433. The minimum Gasteiger partial charge on any atom is -0.481 e. The van der Waals surface area contributed by atoms with Gasteiger partial charge in [-0.1, -0.05) is 19.3 Å². The van der Waals surface area contributed by atoms with Crippen molar-refractivity contribution < 1.29 is 18.3 Å². The van der Waals surface area contributed by atoms with Crippen LogP contribution in [0.25, 0.3) is 0 Å². The number of aliphatic carboxylic acids is 1. The summed E-state index contributed by atoms with van der Waals surface area (Å²) in [6, 6.07) is 0. The maximum atomic E-state index is 11.3. The molecule has 0 aliphatic heterocycles. The molecule has 1 atom stereocenters. The Kier molecular flexibility index (Phi) is 5.61. The number of aryl methyl sites for hydroxylation is 1. The zero-order valence-electron chi connectivity index (χ0n) is 12.9. The van der Waals surface area contributed by atoms with Gasteiger partial charge in [0.1, 0.15) is 10.7 Å². The second-order valence-electron chi connectivity index (χ2n) is 6.48. The first-order valence-electron chi connectivity index (χ1n) is 7.78. The molecule has 0 unspecified atom stereocenters. The number of hydrogen-bond donors (Lipinski definition) is 2. The Balaban J connectivity index is 1.98. The minimum atomic E-state index is -2.72. The van der Waals surface area contributed by atoms with Gasteiger partial charge in [-0.3, -0.25) is 9.48 Å². The molecule has 1 N–H and O–H groups in total. The number of nitrogens with zero attached hydrogens (tertiary/aromatic N) is 2. The fourth-order valence-corrected chi connectivity index (χ4v) is 3.91. The molecular formula is C15H24N2O4S. The number of carboxylic acids is 1. The van der Waals surface area contributed by atoms with Gasteiger partial charge in [0.05, 0.1) is 17.4 Å². The van der Waals surface area contributed by atoms with E-state index in [1.165, 1.54) is 44.6 Å². The third-order valence-electron chi connectivity index (χ3n) is 4.62. The molecule has 124 valence electrons. The summed E-state index contributed by atoms with van der Waals surface area (Å²) in [4.78, 5) is 11.3. The van der Waals surface area contributed by atoms with E-state index in [1.807, 2.05) is 12.4 Å². The summed E-state index contributed by atoms with van der Waals surface area (Å²) < 4.78 is 23.5. The van der Waals surface area contributed by atoms with Crippen LogP contribution in [0.3, 0.4) is 0 Å². The molecule has 0 saturated heterocycles. The van der Waals surface area contributed by atoms with Gasteiger partial charge in [0.2, 0.25) is 0 Å². The van der Waals surface area contributed by atoms with E-state index in [4.69, 9.17) is 0 Å². The lowest BCUT2D eigenvalue weighted by molar-refractivity contribution is -0.147. The van der Waals surface area contributed by atoms with Gasteiger partial charge in [0.25, 0.3) is 0 Å². The van der Waals surface area contributed by atoms with Crippen molar-refractivity contribution in [2.75, 3.05) is 5.75 Å². The Morgan fingerprint density at radius 3 is 2.68 bits per heavy atom. The van der Waals surface area contributed by atoms with E-state index in [1.54, 1.807) is 4.68 Å². The molecule has 6 nitrogen and oxygen atoms in total. The van der Waals surface area contributed by atoms with Crippen LogP contribution >= 0.6 is 0 Å². The van der Waals surface area contributed by atoms with Crippen LogP contribution in [-0.4, -0.2) is 35.0 Å². The number of hydrogen-bond acceptors (Lipinski definition) is 4. The molecule has 0 amide bonds.